The van der Waals surface area contributed by atoms with Gasteiger partial charge >= 0.3 is 0 Å². The van der Waals surface area contributed by atoms with Crippen LogP contribution in [0.4, 0.5) is 0 Å². The number of fused-ring (bicyclic) bond motifs is 1. The van der Waals surface area contributed by atoms with Gasteiger partial charge in [0.2, 0.25) is 0 Å². The lowest BCUT2D eigenvalue weighted by Gasteiger charge is -2.12. The van der Waals surface area contributed by atoms with Crippen LogP contribution in [0.5, 0.6) is 5.75 Å². The lowest BCUT2D eigenvalue weighted by atomic mass is 10.1. The minimum Gasteiger partial charge on any atom is -0.508 e. The van der Waals surface area contributed by atoms with Crippen LogP contribution in [-0.4, -0.2) is 15.5 Å². The number of Topliss-reactive ketones (excluding diaryl/α,β-unsaturated/α-hetero) is 1. The van der Waals surface area contributed by atoms with Gasteiger partial charge in [-0.1, -0.05) is 23.7 Å². The second kappa shape index (κ2) is 7.16. The summed E-state index contributed by atoms with van der Waals surface area (Å²) < 4.78 is 3.11. The summed E-state index contributed by atoms with van der Waals surface area (Å²) in [6.07, 6.45) is 0. The number of hydrogen-bond donors (Lipinski definition) is 1. The van der Waals surface area contributed by atoms with Crippen LogP contribution < -0.4 is 0 Å². The summed E-state index contributed by atoms with van der Waals surface area (Å²) in [7, 11) is 0. The maximum absolute atomic E-state index is 11.8. The van der Waals surface area contributed by atoms with Crippen molar-refractivity contribution in [3.8, 4) is 23.1 Å². The number of aromatic hydroxyl groups is 1. The molecule has 0 radical (unpaired) electrons. The fraction of sp³-hybridized carbons (Fsp3) is 0.0909. The highest BCUT2D eigenvalue weighted by Gasteiger charge is 2.17. The number of thiophene rings is 1. The van der Waals surface area contributed by atoms with Gasteiger partial charge in [0.1, 0.15) is 5.75 Å². The first kappa shape index (κ1) is 18.3. The topological polar surface area (TPSA) is 66.0 Å². The number of carbonyl (C=O) groups is 1. The molecule has 4 rings (SSSR count). The van der Waals surface area contributed by atoms with Gasteiger partial charge in [0.15, 0.2) is 5.78 Å². The smallest absolute Gasteiger partial charge is 0.169 e. The monoisotopic (exact) mass is 406 g/mol. The predicted molar refractivity (Wildman–Crippen MR) is 112 cm³/mol. The fourth-order valence-electron chi connectivity index (χ4n) is 3.19. The van der Waals surface area contributed by atoms with Crippen LogP contribution in [0.15, 0.2) is 54.6 Å². The van der Waals surface area contributed by atoms with Crippen molar-refractivity contribution < 1.29 is 9.90 Å². The van der Waals surface area contributed by atoms with Gasteiger partial charge in [-0.05, 0) is 55.0 Å². The van der Waals surface area contributed by atoms with E-state index in [-0.39, 0.29) is 11.5 Å². The molecule has 138 valence electrons. The number of benzene rings is 2. The molecular formula is C22H15ClN2O2S. The summed E-state index contributed by atoms with van der Waals surface area (Å²) in [6.45, 7) is 2.13. The van der Waals surface area contributed by atoms with E-state index in [1.807, 2.05) is 24.3 Å². The van der Waals surface area contributed by atoms with Gasteiger partial charge in [-0.2, -0.15) is 5.26 Å². The summed E-state index contributed by atoms with van der Waals surface area (Å²) in [5, 5.41) is 19.1. The van der Waals surface area contributed by atoms with Gasteiger partial charge in [0.05, 0.1) is 37.4 Å². The minimum absolute atomic E-state index is 0.0374. The molecule has 2 aromatic heterocycles. The first-order valence-electron chi connectivity index (χ1n) is 8.58. The third-order valence-corrected chi connectivity index (χ3v) is 6.07. The molecule has 1 N–H and O–H groups in total. The second-order valence-electron chi connectivity index (χ2n) is 6.50. The molecule has 0 aliphatic rings. The van der Waals surface area contributed by atoms with Crippen molar-refractivity contribution in [2.75, 3.05) is 0 Å². The summed E-state index contributed by atoms with van der Waals surface area (Å²) in [5.41, 5.74) is 4.31. The summed E-state index contributed by atoms with van der Waals surface area (Å²) in [5.74, 6) is 0.148. The van der Waals surface area contributed by atoms with E-state index in [1.165, 1.54) is 17.4 Å². The number of phenolic OH excluding ortho intramolecular Hbond substituents is 1. The summed E-state index contributed by atoms with van der Waals surface area (Å²) in [6, 6.07) is 18.4. The number of halogens is 1. The predicted octanol–water partition coefficient (Wildman–Crippen LogP) is 5.85. The van der Waals surface area contributed by atoms with Gasteiger partial charge in [-0.3, -0.25) is 4.79 Å². The zero-order chi connectivity index (χ0) is 19.8. The number of aromatic nitrogens is 1. The number of phenols is 1. The molecule has 0 atom stereocenters. The van der Waals surface area contributed by atoms with Crippen molar-refractivity contribution in [2.45, 2.75) is 13.5 Å². The zero-order valence-corrected chi connectivity index (χ0v) is 16.5. The van der Waals surface area contributed by atoms with Crippen LogP contribution in [0, 0.1) is 11.3 Å². The molecular weight excluding hydrogens is 392 g/mol. The number of hydrogen-bond acceptors (Lipinski definition) is 4. The number of nitrogens with zero attached hydrogens (tertiary/aromatic N) is 2. The Morgan fingerprint density at radius 1 is 1.18 bits per heavy atom. The first-order chi connectivity index (χ1) is 13.5. The van der Waals surface area contributed by atoms with Crippen molar-refractivity contribution in [2.24, 2.45) is 0 Å². The van der Waals surface area contributed by atoms with E-state index < -0.39 is 0 Å². The normalized spacial score (nSPS) is 10.9. The Balaban J connectivity index is 1.88. The summed E-state index contributed by atoms with van der Waals surface area (Å²) >= 11 is 7.85. The highest BCUT2D eigenvalue weighted by Crippen LogP contribution is 2.38. The highest BCUT2D eigenvalue weighted by atomic mass is 35.5. The molecule has 28 heavy (non-hydrogen) atoms. The third kappa shape index (κ3) is 3.29. The second-order valence-corrected chi connectivity index (χ2v) is 8.00. The molecule has 0 aliphatic heterocycles. The van der Waals surface area contributed by atoms with Gasteiger partial charge in [0, 0.05) is 12.1 Å². The van der Waals surface area contributed by atoms with Crippen LogP contribution in [0.25, 0.3) is 21.5 Å². The number of ketones is 1. The SMILES string of the molecule is CC(=O)c1cc2c(cc(-c3ccc(O)cc3Cl)n2Cc2ccc(C#N)cc2)s1. The van der Waals surface area contributed by atoms with Crippen molar-refractivity contribution in [3.05, 3.63) is 75.6 Å². The number of carbonyl (C=O) groups excluding carboxylic acids is 1. The van der Waals surface area contributed by atoms with Crippen molar-refractivity contribution >= 4 is 38.9 Å². The van der Waals surface area contributed by atoms with Gasteiger partial charge in [-0.25, -0.2) is 0 Å². The van der Waals surface area contributed by atoms with E-state index >= 15 is 0 Å². The average Bonchev–Trinajstić information content (AvgIpc) is 3.22. The molecule has 0 fully saturated rings. The number of rotatable bonds is 4. The largest absolute Gasteiger partial charge is 0.508 e. The quantitative estimate of drug-likeness (QED) is 0.432. The van der Waals surface area contributed by atoms with E-state index in [2.05, 4.69) is 10.6 Å². The Morgan fingerprint density at radius 3 is 2.57 bits per heavy atom. The number of nitriles is 1. The molecule has 0 amide bonds. The van der Waals surface area contributed by atoms with Gasteiger partial charge < -0.3 is 9.67 Å². The van der Waals surface area contributed by atoms with E-state index in [0.717, 1.165) is 27.0 Å². The molecule has 0 bridgehead atoms. The molecule has 6 heteroatoms. The Hall–Kier alpha value is -3.07. The summed E-state index contributed by atoms with van der Waals surface area (Å²) in [4.78, 5) is 12.5. The van der Waals surface area contributed by atoms with E-state index in [4.69, 9.17) is 16.9 Å². The van der Waals surface area contributed by atoms with E-state index in [9.17, 15) is 9.90 Å². The van der Waals surface area contributed by atoms with Crippen LogP contribution in [0.1, 0.15) is 27.7 Å². The highest BCUT2D eigenvalue weighted by molar-refractivity contribution is 7.20. The standard InChI is InChI=1S/C22H15ClN2O2S/c1-13(26)21-10-20-22(28-21)9-19(17-7-6-16(27)8-18(17)23)25(20)12-15-4-2-14(11-24)3-5-15/h2-10,27H,12H2,1H3. The maximum Gasteiger partial charge on any atom is 0.169 e. The Kier molecular flexibility index (Phi) is 4.68. The molecule has 0 spiro atoms. The van der Waals surface area contributed by atoms with Gasteiger partial charge in [0.25, 0.3) is 0 Å². The molecule has 4 aromatic rings. The van der Waals surface area contributed by atoms with Crippen molar-refractivity contribution in [1.29, 1.82) is 5.26 Å². The average molecular weight is 407 g/mol. The lowest BCUT2D eigenvalue weighted by molar-refractivity contribution is 0.102. The third-order valence-electron chi connectivity index (χ3n) is 4.59. The van der Waals surface area contributed by atoms with Crippen LogP contribution in [0.3, 0.4) is 0 Å². The molecule has 0 unspecified atom stereocenters. The van der Waals surface area contributed by atoms with Gasteiger partial charge in [-0.15, -0.1) is 11.3 Å². The Bertz CT molecular complexity index is 1250. The molecule has 4 nitrogen and oxygen atoms in total. The Labute approximate surface area is 170 Å². The minimum atomic E-state index is 0.0374. The van der Waals surface area contributed by atoms with E-state index in [1.54, 1.807) is 31.2 Å². The first-order valence-corrected chi connectivity index (χ1v) is 9.77. The zero-order valence-electron chi connectivity index (χ0n) is 14.9. The fourth-order valence-corrected chi connectivity index (χ4v) is 4.45. The van der Waals surface area contributed by atoms with Crippen molar-refractivity contribution in [3.63, 3.8) is 0 Å². The molecule has 0 saturated heterocycles. The molecule has 0 aliphatic carbocycles. The lowest BCUT2D eigenvalue weighted by Crippen LogP contribution is -2.02. The molecule has 2 aromatic carbocycles. The maximum atomic E-state index is 11.8. The van der Waals surface area contributed by atoms with Crippen molar-refractivity contribution in [1.82, 2.24) is 4.57 Å². The molecule has 0 saturated carbocycles. The Morgan fingerprint density at radius 2 is 1.93 bits per heavy atom. The van der Waals surface area contributed by atoms with E-state index in [0.29, 0.717) is 22.0 Å². The van der Waals surface area contributed by atoms with Crippen LogP contribution >= 0.6 is 22.9 Å². The van der Waals surface area contributed by atoms with Crippen LogP contribution in [0.2, 0.25) is 5.02 Å². The molecule has 2 heterocycles. The van der Waals surface area contributed by atoms with Crippen LogP contribution in [-0.2, 0) is 6.54 Å².